The summed E-state index contributed by atoms with van der Waals surface area (Å²) < 4.78 is 0. The van der Waals surface area contributed by atoms with Crippen LogP contribution in [0.5, 0.6) is 0 Å². The highest BCUT2D eigenvalue weighted by Gasteiger charge is 2.03. The number of unbranched alkanes of at least 4 members (excludes halogenated alkanes) is 1. The summed E-state index contributed by atoms with van der Waals surface area (Å²) in [5.41, 5.74) is 0. The van der Waals surface area contributed by atoms with Gasteiger partial charge in [-0.05, 0) is 12.8 Å². The van der Waals surface area contributed by atoms with Crippen LogP contribution in [-0.2, 0) is 14.4 Å². The van der Waals surface area contributed by atoms with Crippen molar-refractivity contribution < 1.29 is 24.6 Å². The first-order valence-corrected chi connectivity index (χ1v) is 4.72. The molecule has 6 nitrogen and oxygen atoms in total. The zero-order valence-corrected chi connectivity index (χ0v) is 8.36. The van der Waals surface area contributed by atoms with Crippen LogP contribution in [-0.4, -0.2) is 34.6 Å². The van der Waals surface area contributed by atoms with E-state index in [0.717, 1.165) is 0 Å². The van der Waals surface area contributed by atoms with Crippen molar-refractivity contribution in [3.63, 3.8) is 0 Å². The first kappa shape index (κ1) is 13.4. The van der Waals surface area contributed by atoms with Crippen molar-refractivity contribution in [3.05, 3.63) is 0 Å². The van der Waals surface area contributed by atoms with Crippen molar-refractivity contribution in [1.29, 1.82) is 0 Å². The van der Waals surface area contributed by atoms with Crippen LogP contribution in [0.1, 0.15) is 32.1 Å². The van der Waals surface area contributed by atoms with Gasteiger partial charge in [0, 0.05) is 19.4 Å². The smallest absolute Gasteiger partial charge is 0.305 e. The van der Waals surface area contributed by atoms with Crippen LogP contribution in [0.3, 0.4) is 0 Å². The number of amides is 1. The number of carbonyl (C=O) groups excluding carboxylic acids is 1. The van der Waals surface area contributed by atoms with Crippen molar-refractivity contribution in [2.45, 2.75) is 32.1 Å². The molecule has 15 heavy (non-hydrogen) atoms. The minimum atomic E-state index is -0.957. The molecule has 0 saturated heterocycles. The van der Waals surface area contributed by atoms with Gasteiger partial charge in [-0.25, -0.2) is 0 Å². The maximum absolute atomic E-state index is 11.0. The number of carbonyl (C=O) groups is 3. The highest BCUT2D eigenvalue weighted by atomic mass is 16.4. The number of hydrogen-bond donors (Lipinski definition) is 3. The molecule has 0 aliphatic heterocycles. The van der Waals surface area contributed by atoms with Gasteiger partial charge in [0.05, 0.1) is 6.42 Å². The molecule has 0 fully saturated rings. The molecule has 3 N–H and O–H groups in total. The summed E-state index contributed by atoms with van der Waals surface area (Å²) in [6, 6.07) is 0. The Balaban J connectivity index is 3.33. The van der Waals surface area contributed by atoms with Crippen molar-refractivity contribution in [1.82, 2.24) is 5.32 Å². The summed E-state index contributed by atoms with van der Waals surface area (Å²) in [5, 5.41) is 19.0. The highest BCUT2D eigenvalue weighted by molar-refractivity contribution is 5.76. The Labute approximate surface area is 87.3 Å². The van der Waals surface area contributed by atoms with E-state index in [-0.39, 0.29) is 31.7 Å². The van der Waals surface area contributed by atoms with Crippen LogP contribution in [0.15, 0.2) is 0 Å². The SMILES string of the molecule is O=C(O)CCCCC(=O)NCCC(=O)O. The van der Waals surface area contributed by atoms with Gasteiger partial charge in [0.2, 0.25) is 5.91 Å². The summed E-state index contributed by atoms with van der Waals surface area (Å²) in [6.45, 7) is 0.118. The molecule has 0 saturated carbocycles. The van der Waals surface area contributed by atoms with Gasteiger partial charge >= 0.3 is 11.9 Å². The molecule has 0 spiro atoms. The molecule has 0 atom stereocenters. The summed E-state index contributed by atoms with van der Waals surface area (Å²) >= 11 is 0. The zero-order chi connectivity index (χ0) is 11.7. The van der Waals surface area contributed by atoms with Crippen LogP contribution in [0, 0.1) is 0 Å². The van der Waals surface area contributed by atoms with E-state index in [1.54, 1.807) is 0 Å². The molecule has 0 rings (SSSR count). The number of nitrogens with one attached hydrogen (secondary N) is 1. The van der Waals surface area contributed by atoms with Gasteiger partial charge in [0.25, 0.3) is 0 Å². The fourth-order valence-electron chi connectivity index (χ4n) is 0.959. The third kappa shape index (κ3) is 10.3. The first-order chi connectivity index (χ1) is 7.02. The molecule has 0 bridgehead atoms. The molecule has 0 heterocycles. The van der Waals surface area contributed by atoms with E-state index in [1.807, 2.05) is 0 Å². The summed E-state index contributed by atoms with van der Waals surface area (Å²) in [7, 11) is 0. The molecule has 0 aromatic heterocycles. The lowest BCUT2D eigenvalue weighted by Gasteiger charge is -2.02. The largest absolute Gasteiger partial charge is 0.481 e. The molecule has 0 aromatic rings. The standard InChI is InChI=1S/C9H15NO5/c11-7(10-6-5-9(14)15)3-1-2-4-8(12)13/h1-6H2,(H,10,11)(H,12,13)(H,14,15). The van der Waals surface area contributed by atoms with Gasteiger partial charge in [-0.3, -0.25) is 14.4 Å². The molecule has 1 amide bonds. The van der Waals surface area contributed by atoms with E-state index in [2.05, 4.69) is 5.32 Å². The monoisotopic (exact) mass is 217 g/mol. The summed E-state index contributed by atoms with van der Waals surface area (Å²) in [4.78, 5) is 31.2. The zero-order valence-electron chi connectivity index (χ0n) is 8.36. The van der Waals surface area contributed by atoms with Crippen LogP contribution < -0.4 is 5.32 Å². The average molecular weight is 217 g/mol. The van der Waals surface area contributed by atoms with Gasteiger partial charge in [-0.2, -0.15) is 0 Å². The lowest BCUT2D eigenvalue weighted by atomic mass is 10.2. The predicted molar refractivity (Wildman–Crippen MR) is 51.4 cm³/mol. The third-order valence-corrected chi connectivity index (χ3v) is 1.71. The van der Waals surface area contributed by atoms with Crippen molar-refractivity contribution in [3.8, 4) is 0 Å². The van der Waals surface area contributed by atoms with Gasteiger partial charge in [0.15, 0.2) is 0 Å². The molecule has 0 aliphatic rings. The van der Waals surface area contributed by atoms with Gasteiger partial charge in [-0.1, -0.05) is 0 Å². The predicted octanol–water partition coefficient (Wildman–Crippen LogP) is 0.222. The van der Waals surface area contributed by atoms with E-state index in [0.29, 0.717) is 12.8 Å². The van der Waals surface area contributed by atoms with Crippen LogP contribution in [0.4, 0.5) is 0 Å². The summed E-state index contributed by atoms with van der Waals surface area (Å²) in [5.74, 6) is -2.07. The molecule has 6 heteroatoms. The van der Waals surface area contributed by atoms with E-state index in [4.69, 9.17) is 10.2 Å². The lowest BCUT2D eigenvalue weighted by Crippen LogP contribution is -2.25. The molecule has 0 aromatic carbocycles. The number of aliphatic carboxylic acids is 2. The lowest BCUT2D eigenvalue weighted by molar-refractivity contribution is -0.138. The minimum absolute atomic E-state index is 0.0579. The molecular weight excluding hydrogens is 202 g/mol. The van der Waals surface area contributed by atoms with Crippen LogP contribution >= 0.6 is 0 Å². The third-order valence-electron chi connectivity index (χ3n) is 1.71. The molecule has 0 radical (unpaired) electrons. The second kappa shape index (κ2) is 7.78. The van der Waals surface area contributed by atoms with Gasteiger partial charge < -0.3 is 15.5 Å². The van der Waals surface area contributed by atoms with E-state index >= 15 is 0 Å². The topological polar surface area (TPSA) is 104 Å². The van der Waals surface area contributed by atoms with E-state index in [9.17, 15) is 14.4 Å². The van der Waals surface area contributed by atoms with E-state index in [1.165, 1.54) is 0 Å². The number of hydrogen-bond acceptors (Lipinski definition) is 3. The number of carboxylic acid groups (broad SMARTS) is 2. The van der Waals surface area contributed by atoms with Crippen molar-refractivity contribution in [2.24, 2.45) is 0 Å². The Morgan fingerprint density at radius 2 is 1.40 bits per heavy atom. The highest BCUT2D eigenvalue weighted by Crippen LogP contribution is 1.99. The Kier molecular flexibility index (Phi) is 6.96. The molecule has 0 unspecified atom stereocenters. The normalized spacial score (nSPS) is 9.60. The second-order valence-corrected chi connectivity index (χ2v) is 3.09. The quantitative estimate of drug-likeness (QED) is 0.504. The maximum atomic E-state index is 11.0. The van der Waals surface area contributed by atoms with Crippen LogP contribution in [0.2, 0.25) is 0 Å². The Bertz CT molecular complexity index is 239. The molecule has 0 aliphatic carbocycles. The van der Waals surface area contributed by atoms with Gasteiger partial charge in [0.1, 0.15) is 0 Å². The fourth-order valence-corrected chi connectivity index (χ4v) is 0.959. The Hall–Kier alpha value is -1.59. The van der Waals surface area contributed by atoms with E-state index < -0.39 is 11.9 Å². The second-order valence-electron chi connectivity index (χ2n) is 3.09. The first-order valence-electron chi connectivity index (χ1n) is 4.72. The molecule has 86 valence electrons. The molecular formula is C9H15NO5. The number of rotatable bonds is 8. The minimum Gasteiger partial charge on any atom is -0.481 e. The van der Waals surface area contributed by atoms with Crippen molar-refractivity contribution in [2.75, 3.05) is 6.54 Å². The Morgan fingerprint density at radius 3 is 1.93 bits per heavy atom. The fraction of sp³-hybridized carbons (Fsp3) is 0.667. The number of carboxylic acids is 2. The van der Waals surface area contributed by atoms with Crippen molar-refractivity contribution >= 4 is 17.8 Å². The van der Waals surface area contributed by atoms with Gasteiger partial charge in [-0.15, -0.1) is 0 Å². The Morgan fingerprint density at radius 1 is 0.867 bits per heavy atom. The van der Waals surface area contributed by atoms with Crippen LogP contribution in [0.25, 0.3) is 0 Å². The average Bonchev–Trinajstić information content (AvgIpc) is 2.11. The summed E-state index contributed by atoms with van der Waals surface area (Å²) in [6.07, 6.45) is 1.17. The maximum Gasteiger partial charge on any atom is 0.305 e.